The van der Waals surface area contributed by atoms with Crippen molar-refractivity contribution in [2.45, 2.75) is 45.1 Å². The second-order valence-electron chi connectivity index (χ2n) is 8.48. The zero-order chi connectivity index (χ0) is 23.2. The lowest BCUT2D eigenvalue weighted by molar-refractivity contribution is -0.137. The van der Waals surface area contributed by atoms with Gasteiger partial charge in [-0.2, -0.15) is 0 Å². The maximum absolute atomic E-state index is 12.9. The van der Waals surface area contributed by atoms with Crippen LogP contribution in [0.25, 0.3) is 16.7 Å². The average molecular weight is 455 g/mol. The molecule has 2 N–H and O–H groups in total. The fourth-order valence-corrected chi connectivity index (χ4v) is 3.91. The Labute approximate surface area is 192 Å². The number of likely N-dealkylation sites (tertiary alicyclic amines) is 1. The lowest BCUT2D eigenvalue weighted by atomic mass is 10.1. The molecule has 0 spiro atoms. The maximum atomic E-state index is 12.9. The second kappa shape index (κ2) is 10.5. The summed E-state index contributed by atoms with van der Waals surface area (Å²) in [4.78, 5) is 43.3. The number of para-hydroxylation sites is 2. The van der Waals surface area contributed by atoms with E-state index in [1.165, 1.54) is 4.90 Å². The Kier molecular flexibility index (Phi) is 7.26. The summed E-state index contributed by atoms with van der Waals surface area (Å²) in [7, 11) is 0. The van der Waals surface area contributed by atoms with Crippen molar-refractivity contribution in [3.63, 3.8) is 0 Å². The summed E-state index contributed by atoms with van der Waals surface area (Å²) in [5.74, 6) is 0.417. The van der Waals surface area contributed by atoms with Crippen LogP contribution in [-0.4, -0.2) is 60.1 Å². The molecule has 1 saturated carbocycles. The Bertz CT molecular complexity index is 1010. The van der Waals surface area contributed by atoms with Crippen molar-refractivity contribution in [3.05, 3.63) is 36.2 Å². The van der Waals surface area contributed by atoms with E-state index in [0.29, 0.717) is 37.0 Å². The Morgan fingerprint density at radius 3 is 2.76 bits per heavy atom. The lowest BCUT2D eigenvalue weighted by Crippen LogP contribution is -2.49. The zero-order valence-corrected chi connectivity index (χ0v) is 18.8. The number of rotatable bonds is 9. The number of hydrogen-bond donors (Lipinski definition) is 2. The number of aromatic nitrogens is 1. The third-order valence-electron chi connectivity index (χ3n) is 5.88. The topological polar surface area (TPSA) is 114 Å². The van der Waals surface area contributed by atoms with Crippen molar-refractivity contribution in [2.75, 3.05) is 26.2 Å². The Morgan fingerprint density at radius 1 is 1.18 bits per heavy atom. The van der Waals surface area contributed by atoms with E-state index in [0.717, 1.165) is 36.8 Å². The van der Waals surface area contributed by atoms with Gasteiger partial charge in [0, 0.05) is 18.7 Å². The second-order valence-corrected chi connectivity index (χ2v) is 8.48. The Morgan fingerprint density at radius 2 is 2.00 bits per heavy atom. The number of alkyl carbamates (subject to hydrolysis) is 1. The van der Waals surface area contributed by atoms with Gasteiger partial charge in [0.2, 0.25) is 17.7 Å². The first-order valence-electron chi connectivity index (χ1n) is 11.6. The Balaban J connectivity index is 1.30. The van der Waals surface area contributed by atoms with Crippen molar-refractivity contribution < 1.29 is 23.5 Å². The monoisotopic (exact) mass is 454 g/mol. The standard InChI is InChI=1S/C24H30N4O5/c1-2-6-17(23-27-18-7-3-4-9-20(18)33-23)13-25-22(30)19-8-5-12-28(19)21(29)14-26-24(31)32-15-16-10-11-16/h3-4,6-7,9,16,19H,2,5,8,10-15H2,1H3,(H,25,30)(H,26,31)/b17-6+. The first-order chi connectivity index (χ1) is 16.0. The SMILES string of the molecule is CC/C=C(\CNC(=O)C1CCCN1C(=O)CNC(=O)OCC1CC1)c1nc2ccccc2o1. The molecule has 2 heterocycles. The summed E-state index contributed by atoms with van der Waals surface area (Å²) in [6.45, 7) is 2.95. The van der Waals surface area contributed by atoms with E-state index in [4.69, 9.17) is 9.15 Å². The van der Waals surface area contributed by atoms with Crippen LogP contribution in [0.3, 0.4) is 0 Å². The minimum atomic E-state index is -0.594. The van der Waals surface area contributed by atoms with E-state index in [1.54, 1.807) is 0 Å². The highest BCUT2D eigenvalue weighted by Crippen LogP contribution is 2.28. The molecule has 1 saturated heterocycles. The van der Waals surface area contributed by atoms with Gasteiger partial charge < -0.3 is 24.7 Å². The van der Waals surface area contributed by atoms with Gasteiger partial charge in [-0.3, -0.25) is 9.59 Å². The highest BCUT2D eigenvalue weighted by atomic mass is 16.5. The predicted octanol–water partition coefficient (Wildman–Crippen LogP) is 2.86. The van der Waals surface area contributed by atoms with E-state index in [-0.39, 0.29) is 24.9 Å². The van der Waals surface area contributed by atoms with Crippen LogP contribution >= 0.6 is 0 Å². The fraction of sp³-hybridized carbons (Fsp3) is 0.500. The molecule has 33 heavy (non-hydrogen) atoms. The minimum Gasteiger partial charge on any atom is -0.449 e. The number of ether oxygens (including phenoxy) is 1. The molecule has 2 aliphatic rings. The zero-order valence-electron chi connectivity index (χ0n) is 18.8. The van der Waals surface area contributed by atoms with Crippen molar-refractivity contribution in [1.82, 2.24) is 20.5 Å². The molecule has 9 nitrogen and oxygen atoms in total. The minimum absolute atomic E-state index is 0.183. The van der Waals surface area contributed by atoms with Crippen LogP contribution in [-0.2, 0) is 14.3 Å². The van der Waals surface area contributed by atoms with Gasteiger partial charge in [-0.25, -0.2) is 9.78 Å². The van der Waals surface area contributed by atoms with E-state index in [9.17, 15) is 14.4 Å². The number of nitrogens with zero attached hydrogens (tertiary/aromatic N) is 2. The molecule has 1 aromatic carbocycles. The normalized spacial score (nSPS) is 18.4. The van der Waals surface area contributed by atoms with E-state index < -0.39 is 12.1 Å². The number of oxazole rings is 1. The molecule has 0 bridgehead atoms. The highest BCUT2D eigenvalue weighted by Gasteiger charge is 2.34. The summed E-state index contributed by atoms with van der Waals surface area (Å²) in [5, 5.41) is 5.42. The predicted molar refractivity (Wildman–Crippen MR) is 122 cm³/mol. The molecule has 1 atom stereocenters. The molecule has 1 aliphatic heterocycles. The summed E-state index contributed by atoms with van der Waals surface area (Å²) in [5.41, 5.74) is 2.24. The quantitative estimate of drug-likeness (QED) is 0.602. The van der Waals surface area contributed by atoms with Gasteiger partial charge in [-0.15, -0.1) is 0 Å². The van der Waals surface area contributed by atoms with Gasteiger partial charge >= 0.3 is 6.09 Å². The number of benzene rings is 1. The highest BCUT2D eigenvalue weighted by molar-refractivity contribution is 5.90. The van der Waals surface area contributed by atoms with Gasteiger partial charge in [0.05, 0.1) is 6.61 Å². The van der Waals surface area contributed by atoms with Gasteiger partial charge in [-0.1, -0.05) is 25.1 Å². The van der Waals surface area contributed by atoms with Gasteiger partial charge in [-0.05, 0) is 50.2 Å². The maximum Gasteiger partial charge on any atom is 0.407 e. The van der Waals surface area contributed by atoms with E-state index in [1.807, 2.05) is 37.3 Å². The lowest BCUT2D eigenvalue weighted by Gasteiger charge is -2.24. The number of fused-ring (bicyclic) bond motifs is 1. The molecular weight excluding hydrogens is 424 g/mol. The van der Waals surface area contributed by atoms with Gasteiger partial charge in [0.15, 0.2) is 5.58 Å². The number of carbonyl (C=O) groups excluding carboxylic acids is 3. The van der Waals surface area contributed by atoms with Gasteiger partial charge in [0.25, 0.3) is 0 Å². The van der Waals surface area contributed by atoms with Crippen LogP contribution in [0, 0.1) is 5.92 Å². The first-order valence-corrected chi connectivity index (χ1v) is 11.6. The molecule has 1 aliphatic carbocycles. The molecule has 2 fully saturated rings. The van der Waals surface area contributed by atoms with Crippen LogP contribution in [0.15, 0.2) is 34.8 Å². The van der Waals surface area contributed by atoms with E-state index >= 15 is 0 Å². The molecule has 1 unspecified atom stereocenters. The van der Waals surface area contributed by atoms with E-state index in [2.05, 4.69) is 15.6 Å². The number of amides is 3. The fourth-order valence-electron chi connectivity index (χ4n) is 3.91. The van der Waals surface area contributed by atoms with Crippen LogP contribution in [0.1, 0.15) is 44.9 Å². The Hall–Kier alpha value is -3.36. The molecule has 9 heteroatoms. The number of nitrogens with one attached hydrogen (secondary N) is 2. The number of allylic oxidation sites excluding steroid dienone is 1. The first kappa shape index (κ1) is 22.8. The summed E-state index contributed by atoms with van der Waals surface area (Å²) in [6, 6.07) is 6.95. The molecule has 0 radical (unpaired) electrons. The van der Waals surface area contributed by atoms with Crippen molar-refractivity contribution in [3.8, 4) is 0 Å². The van der Waals surface area contributed by atoms with Crippen LogP contribution in [0.5, 0.6) is 0 Å². The van der Waals surface area contributed by atoms with Crippen molar-refractivity contribution >= 4 is 34.6 Å². The molecular formula is C24H30N4O5. The summed E-state index contributed by atoms with van der Waals surface area (Å²) >= 11 is 0. The van der Waals surface area contributed by atoms with Crippen LogP contribution in [0.2, 0.25) is 0 Å². The van der Waals surface area contributed by atoms with Crippen LogP contribution < -0.4 is 10.6 Å². The number of hydrogen-bond acceptors (Lipinski definition) is 6. The van der Waals surface area contributed by atoms with Crippen LogP contribution in [0.4, 0.5) is 4.79 Å². The summed E-state index contributed by atoms with van der Waals surface area (Å²) in [6.07, 6.45) is 5.62. The average Bonchev–Trinajstić information content (AvgIpc) is 3.33. The van der Waals surface area contributed by atoms with Crippen molar-refractivity contribution in [2.24, 2.45) is 5.92 Å². The summed E-state index contributed by atoms with van der Waals surface area (Å²) < 4.78 is 10.9. The van der Waals surface area contributed by atoms with Gasteiger partial charge in [0.1, 0.15) is 18.1 Å². The third-order valence-corrected chi connectivity index (χ3v) is 5.88. The molecule has 4 rings (SSSR count). The largest absolute Gasteiger partial charge is 0.449 e. The molecule has 2 aromatic rings. The third kappa shape index (κ3) is 5.91. The molecule has 1 aromatic heterocycles. The van der Waals surface area contributed by atoms with Crippen molar-refractivity contribution in [1.29, 1.82) is 0 Å². The molecule has 3 amide bonds. The smallest absolute Gasteiger partial charge is 0.407 e. The molecule has 176 valence electrons. The number of carbonyl (C=O) groups is 3.